The standard InChI is InChI=1S/C18H20N2O4/c1-2-3-4-10-23-18-19-16(22)15-13(9-8-12-6-5-7-12)11-14(21)24-17(15)20-18/h11-12H,2,5-10H2,1H3,(H,19,20,22). The highest BCUT2D eigenvalue weighted by Crippen LogP contribution is 2.31. The lowest BCUT2D eigenvalue weighted by Crippen LogP contribution is -2.17. The van der Waals surface area contributed by atoms with Crippen molar-refractivity contribution in [3.05, 3.63) is 32.4 Å². The first-order chi connectivity index (χ1) is 11.7. The lowest BCUT2D eigenvalue weighted by Gasteiger charge is -2.25. The van der Waals surface area contributed by atoms with Crippen molar-refractivity contribution in [1.29, 1.82) is 0 Å². The smallest absolute Gasteiger partial charge is 0.337 e. The van der Waals surface area contributed by atoms with Crippen molar-refractivity contribution in [3.8, 4) is 17.9 Å². The van der Waals surface area contributed by atoms with Crippen molar-refractivity contribution in [2.24, 2.45) is 5.92 Å². The van der Waals surface area contributed by atoms with Crippen LogP contribution in [0.15, 0.2) is 20.1 Å². The van der Waals surface area contributed by atoms with Gasteiger partial charge in [0.1, 0.15) is 5.39 Å². The number of aromatic nitrogens is 2. The lowest BCUT2D eigenvalue weighted by molar-refractivity contribution is 0.296. The molecule has 126 valence electrons. The second-order valence-corrected chi connectivity index (χ2v) is 5.97. The van der Waals surface area contributed by atoms with E-state index < -0.39 is 5.63 Å². The molecule has 1 aliphatic rings. The van der Waals surface area contributed by atoms with E-state index in [2.05, 4.69) is 21.8 Å². The summed E-state index contributed by atoms with van der Waals surface area (Å²) < 4.78 is 10.4. The third kappa shape index (κ3) is 3.67. The number of rotatable bonds is 5. The molecule has 2 heterocycles. The zero-order chi connectivity index (χ0) is 16.9. The minimum atomic E-state index is -0.499. The van der Waals surface area contributed by atoms with E-state index in [1.54, 1.807) is 0 Å². The highest BCUT2D eigenvalue weighted by Gasteiger charge is 2.19. The third-order valence-corrected chi connectivity index (χ3v) is 4.30. The van der Waals surface area contributed by atoms with E-state index in [1.807, 2.05) is 6.92 Å². The minimum absolute atomic E-state index is 0.0113. The van der Waals surface area contributed by atoms with Crippen molar-refractivity contribution in [2.75, 3.05) is 6.61 Å². The molecule has 2 aromatic rings. The Labute approximate surface area is 139 Å². The maximum absolute atomic E-state index is 12.4. The van der Waals surface area contributed by atoms with Gasteiger partial charge in [-0.25, -0.2) is 4.79 Å². The average molecular weight is 328 g/mol. The molecular weight excluding hydrogens is 308 g/mol. The van der Waals surface area contributed by atoms with Gasteiger partial charge in [0, 0.05) is 12.5 Å². The molecular formula is C18H20N2O4. The van der Waals surface area contributed by atoms with Crippen LogP contribution in [0.2, 0.25) is 0 Å². The number of aromatic amines is 1. The van der Waals surface area contributed by atoms with Crippen LogP contribution in [-0.4, -0.2) is 16.6 Å². The quantitative estimate of drug-likeness (QED) is 0.852. The van der Waals surface area contributed by atoms with E-state index in [1.165, 1.54) is 25.3 Å². The SMILES string of the molecule is CCC#CCOc1nc2oc(=O)cc(CCC3CCC3)c2c(=O)[nH]1. The molecule has 0 amide bonds. The molecule has 0 atom stereocenters. The van der Waals surface area contributed by atoms with E-state index in [0.29, 0.717) is 23.3 Å². The fourth-order valence-corrected chi connectivity index (χ4v) is 2.82. The van der Waals surface area contributed by atoms with E-state index in [4.69, 9.17) is 9.15 Å². The van der Waals surface area contributed by atoms with Gasteiger partial charge in [0.25, 0.3) is 5.56 Å². The fourth-order valence-electron chi connectivity index (χ4n) is 2.82. The molecule has 0 bridgehead atoms. The first-order valence-corrected chi connectivity index (χ1v) is 8.33. The van der Waals surface area contributed by atoms with Gasteiger partial charge in [-0.3, -0.25) is 9.78 Å². The Kier molecular flexibility index (Phi) is 4.99. The van der Waals surface area contributed by atoms with Crippen molar-refractivity contribution < 1.29 is 9.15 Å². The summed E-state index contributed by atoms with van der Waals surface area (Å²) in [6.45, 7) is 2.05. The number of nitrogens with zero attached hydrogens (tertiary/aromatic N) is 1. The van der Waals surface area contributed by atoms with Gasteiger partial charge in [0.2, 0.25) is 5.71 Å². The van der Waals surface area contributed by atoms with Crippen LogP contribution in [0.25, 0.3) is 11.1 Å². The van der Waals surface area contributed by atoms with Crippen LogP contribution in [0.5, 0.6) is 6.01 Å². The summed E-state index contributed by atoms with van der Waals surface area (Å²) in [5.74, 6) is 6.35. The van der Waals surface area contributed by atoms with Crippen molar-refractivity contribution >= 4 is 11.1 Å². The zero-order valence-corrected chi connectivity index (χ0v) is 13.7. The number of nitrogens with one attached hydrogen (secondary N) is 1. The lowest BCUT2D eigenvalue weighted by atomic mass is 9.81. The molecule has 6 heteroatoms. The maximum Gasteiger partial charge on any atom is 0.337 e. The summed E-state index contributed by atoms with van der Waals surface area (Å²) in [6, 6.07) is 1.41. The van der Waals surface area contributed by atoms with Gasteiger partial charge in [-0.1, -0.05) is 32.1 Å². The van der Waals surface area contributed by atoms with Crippen LogP contribution in [0.3, 0.4) is 0 Å². The molecule has 0 spiro atoms. The van der Waals surface area contributed by atoms with E-state index >= 15 is 0 Å². The molecule has 1 fully saturated rings. The Morgan fingerprint density at radius 2 is 2.21 bits per heavy atom. The van der Waals surface area contributed by atoms with E-state index in [9.17, 15) is 9.59 Å². The first kappa shape index (κ1) is 16.3. The Morgan fingerprint density at radius 3 is 2.92 bits per heavy atom. The number of ether oxygens (including phenoxy) is 1. The average Bonchev–Trinajstić information content (AvgIpc) is 2.49. The van der Waals surface area contributed by atoms with Gasteiger partial charge in [0.05, 0.1) is 0 Å². The second kappa shape index (κ2) is 7.35. The number of hydrogen-bond acceptors (Lipinski definition) is 5. The summed E-state index contributed by atoms with van der Waals surface area (Å²) in [5, 5.41) is 0.334. The highest BCUT2D eigenvalue weighted by molar-refractivity contribution is 5.75. The zero-order valence-electron chi connectivity index (χ0n) is 13.7. The molecule has 0 saturated heterocycles. The van der Waals surface area contributed by atoms with Gasteiger partial charge >= 0.3 is 11.6 Å². The van der Waals surface area contributed by atoms with Gasteiger partial charge in [-0.15, -0.1) is 5.92 Å². The van der Waals surface area contributed by atoms with Crippen molar-refractivity contribution in [2.45, 2.75) is 45.4 Å². The van der Waals surface area contributed by atoms with Crippen LogP contribution in [-0.2, 0) is 6.42 Å². The molecule has 0 radical (unpaired) electrons. The summed E-state index contributed by atoms with van der Waals surface area (Å²) in [4.78, 5) is 30.8. The van der Waals surface area contributed by atoms with Crippen LogP contribution in [0.1, 0.15) is 44.6 Å². The van der Waals surface area contributed by atoms with Gasteiger partial charge in [-0.2, -0.15) is 4.98 Å². The Balaban J connectivity index is 1.89. The van der Waals surface area contributed by atoms with E-state index in [-0.39, 0.29) is 23.9 Å². The third-order valence-electron chi connectivity index (χ3n) is 4.30. The molecule has 0 aliphatic heterocycles. The molecule has 1 saturated carbocycles. The van der Waals surface area contributed by atoms with Crippen molar-refractivity contribution in [3.63, 3.8) is 0 Å². The molecule has 6 nitrogen and oxygen atoms in total. The predicted octanol–water partition coefficient (Wildman–Crippen LogP) is 2.40. The number of aryl methyl sites for hydroxylation is 1. The number of fused-ring (bicyclic) bond motifs is 1. The largest absolute Gasteiger partial charge is 0.451 e. The van der Waals surface area contributed by atoms with Crippen LogP contribution < -0.4 is 15.9 Å². The Hall–Kier alpha value is -2.55. The molecule has 1 N–H and O–H groups in total. The van der Waals surface area contributed by atoms with Crippen LogP contribution >= 0.6 is 0 Å². The molecule has 2 aromatic heterocycles. The topological polar surface area (TPSA) is 85.2 Å². The van der Waals surface area contributed by atoms with Crippen molar-refractivity contribution in [1.82, 2.24) is 9.97 Å². The van der Waals surface area contributed by atoms with Crippen LogP contribution in [0.4, 0.5) is 0 Å². The Bertz CT molecular complexity index is 897. The maximum atomic E-state index is 12.4. The predicted molar refractivity (Wildman–Crippen MR) is 90.1 cm³/mol. The summed E-state index contributed by atoms with van der Waals surface area (Å²) >= 11 is 0. The summed E-state index contributed by atoms with van der Waals surface area (Å²) in [5.41, 5.74) is -0.140. The highest BCUT2D eigenvalue weighted by atomic mass is 16.5. The van der Waals surface area contributed by atoms with E-state index in [0.717, 1.165) is 12.8 Å². The summed E-state index contributed by atoms with van der Waals surface area (Å²) in [7, 11) is 0. The van der Waals surface area contributed by atoms with Gasteiger partial charge < -0.3 is 9.15 Å². The molecule has 1 aliphatic carbocycles. The van der Waals surface area contributed by atoms with Gasteiger partial charge in [0.15, 0.2) is 6.61 Å². The molecule has 0 unspecified atom stereocenters. The monoisotopic (exact) mass is 328 g/mol. The normalized spacial score (nSPS) is 14.0. The van der Waals surface area contributed by atoms with Crippen LogP contribution in [0, 0.1) is 17.8 Å². The molecule has 0 aromatic carbocycles. The summed E-state index contributed by atoms with van der Waals surface area (Å²) in [6.07, 6.45) is 6.11. The molecule has 24 heavy (non-hydrogen) atoms. The number of H-pyrrole nitrogens is 1. The van der Waals surface area contributed by atoms with Gasteiger partial charge in [-0.05, 0) is 24.3 Å². The Morgan fingerprint density at radius 1 is 1.38 bits per heavy atom. The number of hydrogen-bond donors (Lipinski definition) is 1. The second-order valence-electron chi connectivity index (χ2n) is 5.97. The minimum Gasteiger partial charge on any atom is -0.451 e. The molecule has 3 rings (SSSR count). The first-order valence-electron chi connectivity index (χ1n) is 8.33. The fraction of sp³-hybridized carbons (Fsp3) is 0.500.